The molecule has 0 bridgehead atoms. The lowest BCUT2D eigenvalue weighted by atomic mass is 10.1. The van der Waals surface area contributed by atoms with Crippen molar-refractivity contribution in [2.24, 2.45) is 0 Å². The number of non-ortho nitro benzene ring substituents is 1. The van der Waals surface area contributed by atoms with Crippen LogP contribution in [0.25, 0.3) is 0 Å². The largest absolute Gasteiger partial charge is 0.493 e. The van der Waals surface area contributed by atoms with E-state index in [1.165, 1.54) is 26.4 Å². The number of rotatable bonds is 7. The van der Waals surface area contributed by atoms with Crippen molar-refractivity contribution in [3.8, 4) is 11.5 Å². The highest BCUT2D eigenvalue weighted by molar-refractivity contribution is 5.97. The van der Waals surface area contributed by atoms with Crippen LogP contribution in [-0.4, -0.2) is 43.5 Å². The molecule has 2 amide bonds. The summed E-state index contributed by atoms with van der Waals surface area (Å²) in [7, 11) is 3.06. The monoisotopic (exact) mass is 399 g/mol. The van der Waals surface area contributed by atoms with Gasteiger partial charge in [0.05, 0.1) is 31.6 Å². The molecule has 2 aromatic carbocycles. The Hall–Kier alpha value is -3.62. The van der Waals surface area contributed by atoms with Gasteiger partial charge in [0.1, 0.15) is 0 Å². The molecule has 1 aliphatic rings. The van der Waals surface area contributed by atoms with Gasteiger partial charge in [-0.3, -0.25) is 19.7 Å². The third-order valence-corrected chi connectivity index (χ3v) is 4.68. The number of ether oxygens (including phenoxy) is 2. The van der Waals surface area contributed by atoms with Gasteiger partial charge >= 0.3 is 0 Å². The Morgan fingerprint density at radius 1 is 1.17 bits per heavy atom. The van der Waals surface area contributed by atoms with Gasteiger partial charge in [-0.2, -0.15) is 0 Å². The molecule has 29 heavy (non-hydrogen) atoms. The van der Waals surface area contributed by atoms with E-state index < -0.39 is 4.92 Å². The van der Waals surface area contributed by atoms with Gasteiger partial charge in [0.25, 0.3) is 5.69 Å². The van der Waals surface area contributed by atoms with E-state index in [0.717, 1.165) is 0 Å². The van der Waals surface area contributed by atoms with Crippen LogP contribution >= 0.6 is 0 Å². The summed E-state index contributed by atoms with van der Waals surface area (Å²) >= 11 is 0. The Morgan fingerprint density at radius 2 is 1.86 bits per heavy atom. The van der Waals surface area contributed by atoms with E-state index in [-0.39, 0.29) is 36.4 Å². The molecule has 3 rings (SSSR count). The number of carbonyl (C=O) groups excluding carboxylic acids is 2. The third kappa shape index (κ3) is 4.63. The summed E-state index contributed by atoms with van der Waals surface area (Å²) in [4.78, 5) is 36.5. The van der Waals surface area contributed by atoms with Gasteiger partial charge in [-0.1, -0.05) is 12.1 Å². The molecule has 1 atom stereocenters. The van der Waals surface area contributed by atoms with Crippen molar-refractivity contribution in [1.29, 1.82) is 0 Å². The fourth-order valence-corrected chi connectivity index (χ4v) is 3.25. The molecule has 9 heteroatoms. The smallest absolute Gasteiger partial charge is 0.269 e. The van der Waals surface area contributed by atoms with E-state index in [9.17, 15) is 19.7 Å². The molecule has 1 aliphatic heterocycles. The van der Waals surface area contributed by atoms with Crippen molar-refractivity contribution >= 4 is 23.2 Å². The number of anilines is 1. The zero-order valence-corrected chi connectivity index (χ0v) is 16.1. The molecule has 1 heterocycles. The molecular weight excluding hydrogens is 378 g/mol. The number of nitro groups is 1. The van der Waals surface area contributed by atoms with E-state index in [0.29, 0.717) is 29.3 Å². The van der Waals surface area contributed by atoms with Gasteiger partial charge in [-0.05, 0) is 17.7 Å². The maximum Gasteiger partial charge on any atom is 0.269 e. The summed E-state index contributed by atoms with van der Waals surface area (Å²) in [6, 6.07) is 10.7. The summed E-state index contributed by atoms with van der Waals surface area (Å²) in [6.45, 7) is 0.348. The average Bonchev–Trinajstić information content (AvgIpc) is 3.07. The van der Waals surface area contributed by atoms with Crippen molar-refractivity contribution < 1.29 is 24.0 Å². The predicted molar refractivity (Wildman–Crippen MR) is 105 cm³/mol. The summed E-state index contributed by atoms with van der Waals surface area (Å²) in [5.41, 5.74) is 1.30. The zero-order chi connectivity index (χ0) is 21.0. The van der Waals surface area contributed by atoms with Crippen molar-refractivity contribution in [2.75, 3.05) is 25.7 Å². The summed E-state index contributed by atoms with van der Waals surface area (Å²) in [5.74, 6) is 0.739. The Labute approximate surface area is 167 Å². The number of carbonyl (C=O) groups is 2. The van der Waals surface area contributed by atoms with Crippen molar-refractivity contribution in [3.63, 3.8) is 0 Å². The number of nitrogens with one attached hydrogen (secondary N) is 1. The minimum absolute atomic E-state index is 0.0268. The molecule has 152 valence electrons. The first-order valence-electron chi connectivity index (χ1n) is 8.96. The summed E-state index contributed by atoms with van der Waals surface area (Å²) in [6.07, 6.45) is 0.277. The topological polar surface area (TPSA) is 111 Å². The first kappa shape index (κ1) is 20.1. The Bertz CT molecular complexity index is 928. The van der Waals surface area contributed by atoms with Crippen LogP contribution in [0, 0.1) is 10.1 Å². The molecule has 1 unspecified atom stereocenters. The number of hydrogen-bond acceptors (Lipinski definition) is 6. The van der Waals surface area contributed by atoms with Crippen LogP contribution in [0.15, 0.2) is 42.5 Å². The minimum atomic E-state index is -0.489. The number of methoxy groups -OCH3 is 2. The highest BCUT2D eigenvalue weighted by atomic mass is 16.6. The Morgan fingerprint density at radius 3 is 2.48 bits per heavy atom. The highest BCUT2D eigenvalue weighted by Crippen LogP contribution is 2.33. The highest BCUT2D eigenvalue weighted by Gasteiger charge is 2.32. The van der Waals surface area contributed by atoms with Crippen molar-refractivity contribution in [3.05, 3.63) is 58.1 Å². The maximum atomic E-state index is 12.4. The molecule has 0 spiro atoms. The predicted octanol–water partition coefficient (Wildman–Crippen LogP) is 2.08. The lowest BCUT2D eigenvalue weighted by molar-refractivity contribution is -0.384. The van der Waals surface area contributed by atoms with E-state index in [1.807, 2.05) is 0 Å². The summed E-state index contributed by atoms with van der Waals surface area (Å²) in [5, 5.41) is 13.5. The first-order valence-corrected chi connectivity index (χ1v) is 8.96. The van der Waals surface area contributed by atoms with Crippen LogP contribution in [0.4, 0.5) is 11.4 Å². The van der Waals surface area contributed by atoms with Crippen LogP contribution in [-0.2, 0) is 16.0 Å². The first-order chi connectivity index (χ1) is 13.9. The molecule has 0 aromatic heterocycles. The number of hydrogen-bond donors (Lipinski definition) is 1. The molecule has 1 fully saturated rings. The second-order valence-corrected chi connectivity index (χ2v) is 6.61. The van der Waals surface area contributed by atoms with E-state index >= 15 is 0 Å². The molecule has 0 aliphatic carbocycles. The molecule has 0 radical (unpaired) electrons. The number of nitrogens with zero attached hydrogens (tertiary/aromatic N) is 2. The Balaban J connectivity index is 1.61. The lowest BCUT2D eigenvalue weighted by Gasteiger charge is -2.19. The van der Waals surface area contributed by atoms with Crippen molar-refractivity contribution in [1.82, 2.24) is 5.32 Å². The van der Waals surface area contributed by atoms with Gasteiger partial charge in [-0.15, -0.1) is 0 Å². The zero-order valence-electron chi connectivity index (χ0n) is 16.1. The molecule has 1 saturated heterocycles. The third-order valence-electron chi connectivity index (χ3n) is 4.68. The van der Waals surface area contributed by atoms with E-state index in [4.69, 9.17) is 9.47 Å². The van der Waals surface area contributed by atoms with Crippen LogP contribution in [0.5, 0.6) is 11.5 Å². The second kappa shape index (κ2) is 8.59. The molecule has 2 aromatic rings. The van der Waals surface area contributed by atoms with Crippen LogP contribution in [0.2, 0.25) is 0 Å². The number of benzene rings is 2. The lowest BCUT2D eigenvalue weighted by Crippen LogP contribution is -2.38. The fraction of sp³-hybridized carbons (Fsp3) is 0.300. The molecular formula is C20H21N3O6. The van der Waals surface area contributed by atoms with Gasteiger partial charge < -0.3 is 19.7 Å². The SMILES string of the molecule is COc1ccc(N2CC(NC(=O)Cc3ccc([N+](=O)[O-])cc3)CC2=O)cc1OC. The maximum absolute atomic E-state index is 12.4. The summed E-state index contributed by atoms with van der Waals surface area (Å²) < 4.78 is 10.5. The average molecular weight is 399 g/mol. The van der Waals surface area contributed by atoms with E-state index in [2.05, 4.69) is 5.32 Å². The van der Waals surface area contributed by atoms with Crippen LogP contribution in [0.1, 0.15) is 12.0 Å². The van der Waals surface area contributed by atoms with Gasteiger partial charge in [0.15, 0.2) is 11.5 Å². The second-order valence-electron chi connectivity index (χ2n) is 6.61. The molecule has 0 saturated carbocycles. The fourth-order valence-electron chi connectivity index (χ4n) is 3.25. The quantitative estimate of drug-likeness (QED) is 0.564. The normalized spacial score (nSPS) is 15.9. The Kier molecular flexibility index (Phi) is 5.96. The van der Waals surface area contributed by atoms with Crippen LogP contribution in [0.3, 0.4) is 0 Å². The minimum Gasteiger partial charge on any atom is -0.493 e. The number of amides is 2. The van der Waals surface area contributed by atoms with Gasteiger partial charge in [0, 0.05) is 36.9 Å². The van der Waals surface area contributed by atoms with Gasteiger partial charge in [0.2, 0.25) is 11.8 Å². The van der Waals surface area contributed by atoms with Crippen LogP contribution < -0.4 is 19.7 Å². The van der Waals surface area contributed by atoms with E-state index in [1.54, 1.807) is 35.2 Å². The number of nitro benzene ring substituents is 1. The van der Waals surface area contributed by atoms with Crippen molar-refractivity contribution in [2.45, 2.75) is 18.9 Å². The standard InChI is InChI=1S/C20H21N3O6/c1-28-17-8-7-16(11-18(17)29-2)22-12-14(10-20(22)25)21-19(24)9-13-3-5-15(6-4-13)23(26)27/h3-8,11,14H,9-10,12H2,1-2H3,(H,21,24). The molecule has 9 nitrogen and oxygen atoms in total. The van der Waals surface area contributed by atoms with Gasteiger partial charge in [-0.25, -0.2) is 0 Å². The molecule has 1 N–H and O–H groups in total.